The van der Waals surface area contributed by atoms with E-state index in [1.807, 2.05) is 0 Å². The SMILES string of the molecule is CC(C)c1cccc(C(C)C)c1NB(Nc1c(C(C)C)cccc1C(C)C)N(C(C)C)C(C)C. The first kappa shape index (κ1) is 28.3. The second-order valence-electron chi connectivity index (χ2n) is 11.6. The topological polar surface area (TPSA) is 27.3 Å². The van der Waals surface area contributed by atoms with Crippen LogP contribution in [0.3, 0.4) is 0 Å². The summed E-state index contributed by atoms with van der Waals surface area (Å²) in [6.45, 7) is 27.5. The predicted molar refractivity (Wildman–Crippen MR) is 154 cm³/mol. The molecular weight excluding hydrogens is 413 g/mol. The van der Waals surface area contributed by atoms with Crippen LogP contribution in [0.4, 0.5) is 11.4 Å². The van der Waals surface area contributed by atoms with Gasteiger partial charge in [-0.3, -0.25) is 4.81 Å². The Hall–Kier alpha value is -1.94. The van der Waals surface area contributed by atoms with Gasteiger partial charge in [0.15, 0.2) is 0 Å². The number of nitrogens with zero attached hydrogens (tertiary/aromatic N) is 1. The maximum atomic E-state index is 4.04. The molecule has 0 spiro atoms. The first-order valence-corrected chi connectivity index (χ1v) is 13.4. The Morgan fingerprint density at radius 2 is 0.765 bits per heavy atom. The van der Waals surface area contributed by atoms with Crippen LogP contribution in [0.5, 0.6) is 0 Å². The van der Waals surface area contributed by atoms with Crippen LogP contribution in [-0.4, -0.2) is 24.0 Å². The van der Waals surface area contributed by atoms with Gasteiger partial charge >= 0.3 is 7.12 Å². The van der Waals surface area contributed by atoms with Gasteiger partial charge in [-0.1, -0.05) is 119 Å². The summed E-state index contributed by atoms with van der Waals surface area (Å²) in [7, 11) is -0.0326. The highest BCUT2D eigenvalue weighted by atomic mass is 15.2. The van der Waals surface area contributed by atoms with Gasteiger partial charge in [0.2, 0.25) is 0 Å². The minimum absolute atomic E-state index is 0.0326. The highest BCUT2D eigenvalue weighted by molar-refractivity contribution is 6.63. The molecular formula is C30H50BN3. The number of rotatable bonds is 11. The summed E-state index contributed by atoms with van der Waals surface area (Å²) in [4.78, 5) is 2.56. The van der Waals surface area contributed by atoms with E-state index in [1.54, 1.807) is 0 Å². The lowest BCUT2D eigenvalue weighted by Gasteiger charge is -2.38. The van der Waals surface area contributed by atoms with Crippen molar-refractivity contribution in [2.24, 2.45) is 0 Å². The van der Waals surface area contributed by atoms with Gasteiger partial charge in [0.1, 0.15) is 0 Å². The minimum atomic E-state index is -0.0326. The Bertz CT molecular complexity index is 789. The fourth-order valence-electron chi connectivity index (χ4n) is 5.09. The molecule has 2 N–H and O–H groups in total. The molecule has 0 unspecified atom stereocenters. The highest BCUT2D eigenvalue weighted by Crippen LogP contribution is 2.36. The van der Waals surface area contributed by atoms with Crippen molar-refractivity contribution in [2.45, 2.75) is 119 Å². The molecule has 0 aliphatic carbocycles. The van der Waals surface area contributed by atoms with Gasteiger partial charge in [0.05, 0.1) is 0 Å². The summed E-state index contributed by atoms with van der Waals surface area (Å²) in [5, 5.41) is 8.07. The van der Waals surface area contributed by atoms with Gasteiger partial charge < -0.3 is 10.5 Å². The van der Waals surface area contributed by atoms with Crippen LogP contribution in [0, 0.1) is 0 Å². The molecule has 2 aromatic carbocycles. The number of benzene rings is 2. The molecule has 0 amide bonds. The number of hydrogen-bond acceptors (Lipinski definition) is 3. The minimum Gasteiger partial charge on any atom is -0.394 e. The van der Waals surface area contributed by atoms with Crippen molar-refractivity contribution in [3.05, 3.63) is 58.7 Å². The Morgan fingerprint density at radius 3 is 0.971 bits per heavy atom. The summed E-state index contributed by atoms with van der Waals surface area (Å²) in [5.74, 6) is 1.79. The third kappa shape index (κ3) is 6.59. The monoisotopic (exact) mass is 463 g/mol. The average Bonchev–Trinajstić information content (AvgIpc) is 2.72. The summed E-state index contributed by atoms with van der Waals surface area (Å²) in [6, 6.07) is 14.3. The Kier molecular flexibility index (Phi) is 10.1. The first-order valence-electron chi connectivity index (χ1n) is 13.4. The van der Waals surface area contributed by atoms with Crippen molar-refractivity contribution < 1.29 is 0 Å². The zero-order valence-electron chi connectivity index (χ0n) is 24.0. The summed E-state index contributed by atoms with van der Waals surface area (Å²) >= 11 is 0. The lowest BCUT2D eigenvalue weighted by atomic mass is 9.80. The Labute approximate surface area is 211 Å². The predicted octanol–water partition coefficient (Wildman–Crippen LogP) is 8.81. The van der Waals surface area contributed by atoms with Crippen LogP contribution in [0.2, 0.25) is 0 Å². The van der Waals surface area contributed by atoms with E-state index < -0.39 is 0 Å². The molecule has 0 aromatic heterocycles. The molecule has 0 bridgehead atoms. The van der Waals surface area contributed by atoms with Crippen molar-refractivity contribution in [3.8, 4) is 0 Å². The quantitative estimate of drug-likeness (QED) is 0.326. The van der Waals surface area contributed by atoms with E-state index in [2.05, 4.69) is 135 Å². The summed E-state index contributed by atoms with van der Waals surface area (Å²) in [5.41, 5.74) is 8.09. The molecule has 0 atom stereocenters. The molecule has 4 heteroatoms. The van der Waals surface area contributed by atoms with Crippen LogP contribution in [0.15, 0.2) is 36.4 Å². The van der Waals surface area contributed by atoms with Gasteiger partial charge in [-0.2, -0.15) is 0 Å². The second kappa shape index (κ2) is 12.2. The van der Waals surface area contributed by atoms with Crippen LogP contribution < -0.4 is 10.5 Å². The van der Waals surface area contributed by atoms with Crippen LogP contribution in [0.1, 0.15) is 129 Å². The first-order chi connectivity index (χ1) is 15.9. The Morgan fingerprint density at radius 1 is 0.500 bits per heavy atom. The van der Waals surface area contributed by atoms with E-state index in [0.29, 0.717) is 35.8 Å². The standard InChI is InChI=1S/C30H50BN3/c1-19(2)25-15-13-16-26(20(3)4)29(25)32-31(34(23(9)10)24(11)12)33-30-27(21(5)6)17-14-18-28(30)22(7)8/h13-24,32-33H,1-12H3. The molecule has 2 aromatic rings. The van der Waals surface area contributed by atoms with Crippen molar-refractivity contribution in [2.75, 3.05) is 10.5 Å². The fraction of sp³-hybridized carbons (Fsp3) is 0.600. The molecule has 0 saturated carbocycles. The van der Waals surface area contributed by atoms with Crippen LogP contribution in [0.25, 0.3) is 0 Å². The third-order valence-corrected chi connectivity index (χ3v) is 6.80. The zero-order chi connectivity index (χ0) is 25.7. The fourth-order valence-corrected chi connectivity index (χ4v) is 5.09. The Balaban J connectivity index is 2.71. The van der Waals surface area contributed by atoms with E-state index in [0.717, 1.165) is 0 Å². The maximum absolute atomic E-state index is 4.04. The van der Waals surface area contributed by atoms with Crippen molar-refractivity contribution in [1.82, 2.24) is 4.81 Å². The number of para-hydroxylation sites is 2. The molecule has 3 nitrogen and oxygen atoms in total. The van der Waals surface area contributed by atoms with Gasteiger partial charge in [-0.05, 0) is 58.0 Å². The average molecular weight is 464 g/mol. The number of nitrogens with one attached hydrogen (secondary N) is 2. The van der Waals surface area contributed by atoms with Crippen molar-refractivity contribution >= 4 is 18.5 Å². The number of anilines is 2. The normalized spacial score (nSPS) is 12.2. The van der Waals surface area contributed by atoms with Crippen LogP contribution >= 0.6 is 0 Å². The molecule has 34 heavy (non-hydrogen) atoms. The lowest BCUT2D eigenvalue weighted by Crippen LogP contribution is -2.57. The molecule has 0 aliphatic heterocycles. The molecule has 0 fully saturated rings. The highest BCUT2D eigenvalue weighted by Gasteiger charge is 2.33. The van der Waals surface area contributed by atoms with Crippen molar-refractivity contribution in [1.29, 1.82) is 0 Å². The molecule has 188 valence electrons. The van der Waals surface area contributed by atoms with E-state index >= 15 is 0 Å². The van der Waals surface area contributed by atoms with Gasteiger partial charge in [-0.15, -0.1) is 0 Å². The van der Waals surface area contributed by atoms with E-state index in [4.69, 9.17) is 0 Å². The van der Waals surface area contributed by atoms with E-state index in [1.165, 1.54) is 33.6 Å². The van der Waals surface area contributed by atoms with E-state index in [9.17, 15) is 0 Å². The molecule has 0 saturated heterocycles. The summed E-state index contributed by atoms with van der Waals surface area (Å²) < 4.78 is 0. The van der Waals surface area contributed by atoms with Gasteiger partial charge in [0.25, 0.3) is 0 Å². The third-order valence-electron chi connectivity index (χ3n) is 6.80. The smallest absolute Gasteiger partial charge is 0.394 e. The molecule has 2 rings (SSSR count). The van der Waals surface area contributed by atoms with E-state index in [-0.39, 0.29) is 7.12 Å². The van der Waals surface area contributed by atoms with Gasteiger partial charge in [0, 0.05) is 11.4 Å². The largest absolute Gasteiger partial charge is 0.465 e. The zero-order valence-corrected chi connectivity index (χ0v) is 24.0. The van der Waals surface area contributed by atoms with Crippen LogP contribution in [-0.2, 0) is 0 Å². The molecule has 0 radical (unpaired) electrons. The number of hydrogen-bond donors (Lipinski definition) is 2. The molecule has 0 heterocycles. The summed E-state index contributed by atoms with van der Waals surface area (Å²) in [6.07, 6.45) is 0. The maximum Gasteiger partial charge on any atom is 0.465 e. The lowest BCUT2D eigenvalue weighted by molar-refractivity contribution is 0.305. The van der Waals surface area contributed by atoms with Gasteiger partial charge in [-0.25, -0.2) is 0 Å². The second-order valence-corrected chi connectivity index (χ2v) is 11.6. The molecule has 0 aliphatic rings. The van der Waals surface area contributed by atoms with Crippen molar-refractivity contribution in [3.63, 3.8) is 0 Å².